The molecule has 1 saturated heterocycles. The summed E-state index contributed by atoms with van der Waals surface area (Å²) >= 11 is 0. The van der Waals surface area contributed by atoms with Crippen molar-refractivity contribution in [3.8, 4) is 0 Å². The number of benzene rings is 1. The Kier molecular flexibility index (Phi) is 7.00. The molecule has 0 unspecified atom stereocenters. The first-order valence-corrected chi connectivity index (χ1v) is 8.41. The molecule has 1 N–H and O–H groups in total. The lowest BCUT2D eigenvalue weighted by Crippen LogP contribution is -2.33. The van der Waals surface area contributed by atoms with Crippen LogP contribution in [-0.2, 0) is 18.9 Å². The number of hydrogen-bond acceptors (Lipinski definition) is 3. The van der Waals surface area contributed by atoms with E-state index in [4.69, 9.17) is 0 Å². The fraction of sp³-hybridized carbons (Fsp3) is 0.389. The molecule has 0 bridgehead atoms. The van der Waals surface area contributed by atoms with Gasteiger partial charge in [-0.05, 0) is 36.2 Å². The number of hydrogen-bond donors (Lipinski definition) is 1. The second-order valence-electron chi connectivity index (χ2n) is 6.51. The fourth-order valence-corrected chi connectivity index (χ4v) is 3.10. The van der Waals surface area contributed by atoms with Crippen LogP contribution in [-0.4, -0.2) is 24.1 Å². The maximum absolute atomic E-state index is 13.2. The van der Waals surface area contributed by atoms with E-state index in [-0.39, 0.29) is 30.6 Å². The summed E-state index contributed by atoms with van der Waals surface area (Å²) in [5, 5.41) is 2.99. The Morgan fingerprint density at radius 3 is 2.34 bits per heavy atom. The van der Waals surface area contributed by atoms with Crippen LogP contribution in [0.5, 0.6) is 0 Å². The molecule has 1 aliphatic rings. The van der Waals surface area contributed by atoms with E-state index in [1.54, 1.807) is 4.90 Å². The number of nitrogens with one attached hydrogen (secondary N) is 1. The Balaban J connectivity index is 0.00000300. The molecule has 0 spiro atoms. The number of rotatable bonds is 4. The molecule has 1 aliphatic heterocycles. The fourth-order valence-electron chi connectivity index (χ4n) is 3.10. The van der Waals surface area contributed by atoms with Gasteiger partial charge >= 0.3 is 12.4 Å². The largest absolute Gasteiger partial charge is 0.417 e. The second-order valence-corrected chi connectivity index (χ2v) is 6.51. The number of anilines is 1. The highest BCUT2D eigenvalue weighted by Gasteiger charge is 2.34. The number of nitrogens with zero attached hydrogens (tertiary/aromatic N) is 2. The highest BCUT2D eigenvalue weighted by molar-refractivity contribution is 5.85. The monoisotopic (exact) mass is 443 g/mol. The van der Waals surface area contributed by atoms with E-state index in [1.807, 2.05) is 0 Å². The molecular formula is C18H17ClF7N3. The maximum atomic E-state index is 13.2. The number of halogens is 8. The molecule has 3 nitrogen and oxygen atoms in total. The van der Waals surface area contributed by atoms with Crippen LogP contribution in [0, 0.1) is 5.82 Å². The maximum Gasteiger partial charge on any atom is 0.417 e. The lowest BCUT2D eigenvalue weighted by molar-refractivity contribution is -0.139. The first kappa shape index (κ1) is 23.2. The van der Waals surface area contributed by atoms with Crippen LogP contribution in [0.4, 0.5) is 36.6 Å². The lowest BCUT2D eigenvalue weighted by Gasteiger charge is -2.19. The van der Waals surface area contributed by atoms with Gasteiger partial charge in [0.1, 0.15) is 11.6 Å². The third-order valence-electron chi connectivity index (χ3n) is 4.55. The van der Waals surface area contributed by atoms with Gasteiger partial charge in [-0.15, -0.1) is 12.4 Å². The SMILES string of the molecule is Cl.Fc1ccc(CN[C@H]2CCN(c3ccc(C(F)(F)F)cn3)C2)c(C(F)(F)F)c1. The van der Waals surface area contributed by atoms with Gasteiger partial charge < -0.3 is 10.2 Å². The van der Waals surface area contributed by atoms with Gasteiger partial charge in [0.05, 0.1) is 11.1 Å². The number of aromatic nitrogens is 1. The molecule has 1 aromatic carbocycles. The summed E-state index contributed by atoms with van der Waals surface area (Å²) in [5.41, 5.74) is -1.94. The molecule has 2 aromatic rings. The summed E-state index contributed by atoms with van der Waals surface area (Å²) < 4.78 is 90.1. The molecule has 0 amide bonds. The molecule has 2 heterocycles. The van der Waals surface area contributed by atoms with Crippen molar-refractivity contribution in [2.45, 2.75) is 31.4 Å². The molecule has 11 heteroatoms. The molecule has 0 radical (unpaired) electrons. The summed E-state index contributed by atoms with van der Waals surface area (Å²) in [6, 6.07) is 4.57. The van der Waals surface area contributed by atoms with Crippen molar-refractivity contribution in [2.24, 2.45) is 0 Å². The molecule has 29 heavy (non-hydrogen) atoms. The lowest BCUT2D eigenvalue weighted by atomic mass is 10.1. The molecule has 0 saturated carbocycles. The minimum absolute atomic E-state index is 0. The average Bonchev–Trinajstić information content (AvgIpc) is 3.08. The van der Waals surface area contributed by atoms with Crippen LogP contribution < -0.4 is 10.2 Å². The van der Waals surface area contributed by atoms with Crippen molar-refractivity contribution in [1.29, 1.82) is 0 Å². The zero-order valence-electron chi connectivity index (χ0n) is 14.8. The van der Waals surface area contributed by atoms with Crippen LogP contribution in [0.3, 0.4) is 0 Å². The van der Waals surface area contributed by atoms with Gasteiger partial charge in [0.15, 0.2) is 0 Å². The Morgan fingerprint density at radius 1 is 1.03 bits per heavy atom. The molecular weight excluding hydrogens is 427 g/mol. The van der Waals surface area contributed by atoms with E-state index in [2.05, 4.69) is 10.3 Å². The minimum atomic E-state index is -4.66. The topological polar surface area (TPSA) is 28.2 Å². The van der Waals surface area contributed by atoms with Crippen LogP contribution >= 0.6 is 12.4 Å². The van der Waals surface area contributed by atoms with E-state index < -0.39 is 29.3 Å². The predicted octanol–water partition coefficient (Wildman–Crippen LogP) is 5.05. The van der Waals surface area contributed by atoms with Crippen molar-refractivity contribution in [2.75, 3.05) is 18.0 Å². The van der Waals surface area contributed by atoms with Gasteiger partial charge in [0.2, 0.25) is 0 Å². The molecule has 0 aliphatic carbocycles. The van der Waals surface area contributed by atoms with Gasteiger partial charge in [-0.1, -0.05) is 6.07 Å². The first-order chi connectivity index (χ1) is 13.0. The van der Waals surface area contributed by atoms with Crippen molar-refractivity contribution < 1.29 is 30.7 Å². The number of pyridine rings is 1. The van der Waals surface area contributed by atoms with E-state index in [1.165, 1.54) is 6.07 Å². The third-order valence-corrected chi connectivity index (χ3v) is 4.55. The quantitative estimate of drug-likeness (QED) is 0.670. The zero-order valence-corrected chi connectivity index (χ0v) is 15.6. The van der Waals surface area contributed by atoms with Crippen molar-refractivity contribution in [3.63, 3.8) is 0 Å². The van der Waals surface area contributed by atoms with Gasteiger partial charge in [-0.2, -0.15) is 26.3 Å². The molecule has 1 aromatic heterocycles. The summed E-state index contributed by atoms with van der Waals surface area (Å²) in [7, 11) is 0. The first-order valence-electron chi connectivity index (χ1n) is 8.41. The highest BCUT2D eigenvalue weighted by atomic mass is 35.5. The Labute approximate surface area is 168 Å². The van der Waals surface area contributed by atoms with Crippen LogP contribution in [0.15, 0.2) is 36.5 Å². The van der Waals surface area contributed by atoms with Crippen molar-refractivity contribution >= 4 is 18.2 Å². The highest BCUT2D eigenvalue weighted by Crippen LogP contribution is 2.33. The molecule has 160 valence electrons. The Bertz CT molecular complexity index is 822. The molecule has 1 atom stereocenters. The normalized spacial score (nSPS) is 17.3. The molecule has 1 fully saturated rings. The average molecular weight is 444 g/mol. The third kappa shape index (κ3) is 5.72. The zero-order chi connectivity index (χ0) is 20.5. The number of alkyl halides is 6. The van der Waals surface area contributed by atoms with E-state index >= 15 is 0 Å². The van der Waals surface area contributed by atoms with Gasteiger partial charge in [-0.25, -0.2) is 9.37 Å². The van der Waals surface area contributed by atoms with Crippen molar-refractivity contribution in [3.05, 3.63) is 59.0 Å². The van der Waals surface area contributed by atoms with E-state index in [9.17, 15) is 30.7 Å². The molecule has 3 rings (SSSR count). The summed E-state index contributed by atoms with van der Waals surface area (Å²) in [6.07, 6.45) is -7.79. The van der Waals surface area contributed by atoms with Gasteiger partial charge in [-0.3, -0.25) is 0 Å². The van der Waals surface area contributed by atoms with E-state index in [0.29, 0.717) is 31.4 Å². The van der Waals surface area contributed by atoms with E-state index in [0.717, 1.165) is 24.4 Å². The Hall–Kier alpha value is -2.07. The summed E-state index contributed by atoms with van der Waals surface area (Å²) in [6.45, 7) is 0.792. The van der Waals surface area contributed by atoms with Crippen LogP contribution in [0.25, 0.3) is 0 Å². The summed E-state index contributed by atoms with van der Waals surface area (Å²) in [5.74, 6) is -0.591. The standard InChI is InChI=1S/C18H16F7N3.ClH/c19-13-3-1-11(15(7-13)18(23,24)25)8-26-14-5-6-28(10-14)16-4-2-12(9-27-16)17(20,21)22;/h1-4,7,9,14,26H,5-6,8,10H2;1H/t14-;/m0./s1. The predicted molar refractivity (Wildman–Crippen MR) is 95.3 cm³/mol. The Morgan fingerprint density at radius 2 is 1.76 bits per heavy atom. The van der Waals surface area contributed by atoms with Crippen molar-refractivity contribution in [1.82, 2.24) is 10.3 Å². The smallest absolute Gasteiger partial charge is 0.355 e. The minimum Gasteiger partial charge on any atom is -0.355 e. The second kappa shape index (κ2) is 8.74. The summed E-state index contributed by atoms with van der Waals surface area (Å²) in [4.78, 5) is 5.58. The van der Waals surface area contributed by atoms with Gasteiger partial charge in [0.25, 0.3) is 0 Å². The van der Waals surface area contributed by atoms with Crippen LogP contribution in [0.1, 0.15) is 23.1 Å². The van der Waals surface area contributed by atoms with Crippen LogP contribution in [0.2, 0.25) is 0 Å². The van der Waals surface area contributed by atoms with Gasteiger partial charge in [0, 0.05) is 31.9 Å².